The van der Waals surface area contributed by atoms with Gasteiger partial charge in [0.2, 0.25) is 5.91 Å². The third kappa shape index (κ3) is 6.73. The second kappa shape index (κ2) is 12.5. The van der Waals surface area contributed by atoms with Crippen LogP contribution in [0.4, 0.5) is 11.4 Å². The minimum atomic E-state index is -3.88. The van der Waals surface area contributed by atoms with E-state index in [4.69, 9.17) is 16.3 Å². The van der Waals surface area contributed by atoms with Gasteiger partial charge < -0.3 is 15.0 Å². The fraction of sp³-hybridized carbons (Fsp3) is 0.161. The van der Waals surface area contributed by atoms with Crippen molar-refractivity contribution in [2.24, 2.45) is 0 Å². The number of amides is 2. The number of rotatable bonds is 9. The van der Waals surface area contributed by atoms with Gasteiger partial charge in [0.15, 0.2) is 0 Å². The van der Waals surface area contributed by atoms with Gasteiger partial charge in [-0.05, 0) is 84.3 Å². The first-order valence-electron chi connectivity index (χ1n) is 13.0. The number of benzene rings is 4. The van der Waals surface area contributed by atoms with E-state index in [1.807, 2.05) is 42.2 Å². The fourth-order valence-corrected chi connectivity index (χ4v) is 6.89. The molecule has 11 heteroatoms. The molecule has 0 unspecified atom stereocenters. The third-order valence-electron chi connectivity index (χ3n) is 6.71. The second-order valence-corrected chi connectivity index (χ2v) is 12.9. The zero-order valence-corrected chi connectivity index (χ0v) is 25.2. The highest BCUT2D eigenvalue weighted by molar-refractivity contribution is 8.00. The fourth-order valence-electron chi connectivity index (χ4n) is 4.51. The Morgan fingerprint density at radius 1 is 1.00 bits per heavy atom. The van der Waals surface area contributed by atoms with Crippen molar-refractivity contribution in [3.05, 3.63) is 118 Å². The van der Waals surface area contributed by atoms with Crippen molar-refractivity contribution in [3.8, 4) is 5.75 Å². The van der Waals surface area contributed by atoms with E-state index in [2.05, 4.69) is 10.0 Å². The molecule has 0 saturated carbocycles. The van der Waals surface area contributed by atoms with Gasteiger partial charge in [0, 0.05) is 22.8 Å². The molecule has 4 aromatic carbocycles. The summed E-state index contributed by atoms with van der Waals surface area (Å²) in [7, 11) is -2.41. The Hall–Kier alpha value is -3.99. The molecule has 0 aliphatic carbocycles. The quantitative estimate of drug-likeness (QED) is 0.222. The smallest absolute Gasteiger partial charge is 0.262 e. The van der Waals surface area contributed by atoms with E-state index in [1.54, 1.807) is 48.2 Å². The van der Waals surface area contributed by atoms with Crippen LogP contribution in [-0.2, 0) is 21.4 Å². The monoisotopic (exact) mass is 621 g/mol. The van der Waals surface area contributed by atoms with Gasteiger partial charge in [-0.2, -0.15) is 0 Å². The predicted molar refractivity (Wildman–Crippen MR) is 167 cm³/mol. The number of methoxy groups -OCH3 is 1. The van der Waals surface area contributed by atoms with Crippen LogP contribution in [0.25, 0.3) is 0 Å². The first kappa shape index (κ1) is 29.5. The molecule has 0 spiro atoms. The van der Waals surface area contributed by atoms with Gasteiger partial charge in [-0.15, -0.1) is 11.8 Å². The molecular weight excluding hydrogens is 594 g/mol. The second-order valence-electron chi connectivity index (χ2n) is 9.72. The number of carbonyl (C=O) groups excluding carboxylic acids is 2. The van der Waals surface area contributed by atoms with Crippen LogP contribution >= 0.6 is 23.4 Å². The standard InChI is InChI=1S/C31H28ClN3O5S2/c1-20-3-16-28(40-2)27(17-20)34-42(38,39)26-14-12-25(13-15-26)33-30(37)22-6-8-23(9-7-22)31-35(29(36)19-41-31)18-21-4-10-24(32)11-5-21/h3-17,31,34H,18-19H2,1-2H3,(H,33,37)/t31-/m0/s1. The number of thioether (sulfide) groups is 1. The molecule has 1 heterocycles. The van der Waals surface area contributed by atoms with Crippen LogP contribution in [0.15, 0.2) is 95.9 Å². The lowest BCUT2D eigenvalue weighted by Crippen LogP contribution is -2.27. The van der Waals surface area contributed by atoms with Crippen molar-refractivity contribution >= 4 is 56.6 Å². The normalized spacial score (nSPS) is 15.0. The molecule has 5 rings (SSSR count). The molecule has 2 N–H and O–H groups in total. The van der Waals surface area contributed by atoms with Gasteiger partial charge >= 0.3 is 0 Å². The maximum Gasteiger partial charge on any atom is 0.262 e. The molecule has 1 fully saturated rings. The molecule has 2 amide bonds. The number of sulfonamides is 1. The number of ether oxygens (including phenoxy) is 1. The maximum absolute atomic E-state index is 13.0. The van der Waals surface area contributed by atoms with Crippen LogP contribution in [-0.4, -0.2) is 38.0 Å². The molecule has 4 aromatic rings. The first-order chi connectivity index (χ1) is 20.1. The van der Waals surface area contributed by atoms with Crippen LogP contribution < -0.4 is 14.8 Å². The van der Waals surface area contributed by atoms with Gasteiger partial charge in [-0.3, -0.25) is 14.3 Å². The van der Waals surface area contributed by atoms with Gasteiger partial charge in [-0.25, -0.2) is 8.42 Å². The van der Waals surface area contributed by atoms with E-state index in [0.29, 0.717) is 40.0 Å². The lowest BCUT2D eigenvalue weighted by Gasteiger charge is -2.24. The van der Waals surface area contributed by atoms with E-state index >= 15 is 0 Å². The molecular formula is C31H28ClN3O5S2. The van der Waals surface area contributed by atoms with E-state index in [-0.39, 0.29) is 22.1 Å². The zero-order valence-electron chi connectivity index (χ0n) is 22.8. The topological polar surface area (TPSA) is 105 Å². The van der Waals surface area contributed by atoms with E-state index < -0.39 is 10.0 Å². The summed E-state index contributed by atoms with van der Waals surface area (Å²) in [6, 6.07) is 25.7. The molecule has 1 atom stereocenters. The summed E-state index contributed by atoms with van der Waals surface area (Å²) in [4.78, 5) is 27.4. The number of anilines is 2. The molecule has 1 aliphatic heterocycles. The number of hydrogen-bond donors (Lipinski definition) is 2. The van der Waals surface area contributed by atoms with Crippen molar-refractivity contribution in [1.29, 1.82) is 0 Å². The number of nitrogens with zero attached hydrogens (tertiary/aromatic N) is 1. The molecule has 8 nitrogen and oxygen atoms in total. The minimum absolute atomic E-state index is 0.0418. The lowest BCUT2D eigenvalue weighted by molar-refractivity contribution is -0.128. The average molecular weight is 622 g/mol. The van der Waals surface area contributed by atoms with E-state index in [9.17, 15) is 18.0 Å². The molecule has 0 aromatic heterocycles. The summed E-state index contributed by atoms with van der Waals surface area (Å²) in [6.45, 7) is 2.32. The molecule has 0 radical (unpaired) electrons. The number of nitrogens with one attached hydrogen (secondary N) is 2. The summed E-state index contributed by atoms with van der Waals surface area (Å²) in [5.41, 5.74) is 4.01. The zero-order chi connectivity index (χ0) is 29.9. The first-order valence-corrected chi connectivity index (χ1v) is 15.9. The Morgan fingerprint density at radius 2 is 1.69 bits per heavy atom. The number of hydrogen-bond acceptors (Lipinski definition) is 6. The van der Waals surface area contributed by atoms with Crippen LogP contribution in [0.1, 0.15) is 32.4 Å². The largest absolute Gasteiger partial charge is 0.495 e. The van der Waals surface area contributed by atoms with Crippen molar-refractivity contribution in [2.45, 2.75) is 23.7 Å². The molecule has 1 aliphatic rings. The highest BCUT2D eigenvalue weighted by Crippen LogP contribution is 2.39. The number of carbonyl (C=O) groups is 2. The summed E-state index contributed by atoms with van der Waals surface area (Å²) >= 11 is 7.54. The predicted octanol–water partition coefficient (Wildman–Crippen LogP) is 6.48. The maximum atomic E-state index is 13.0. The Morgan fingerprint density at radius 3 is 2.36 bits per heavy atom. The van der Waals surface area contributed by atoms with Crippen LogP contribution in [0.5, 0.6) is 5.75 Å². The van der Waals surface area contributed by atoms with E-state index in [0.717, 1.165) is 16.7 Å². The van der Waals surface area contributed by atoms with E-state index in [1.165, 1.54) is 31.4 Å². The highest BCUT2D eigenvalue weighted by Gasteiger charge is 2.32. The summed E-state index contributed by atoms with van der Waals surface area (Å²) in [6.07, 6.45) is 0. The van der Waals surface area contributed by atoms with Gasteiger partial charge in [0.1, 0.15) is 11.1 Å². The summed E-state index contributed by atoms with van der Waals surface area (Å²) in [5.74, 6) is 0.514. The Balaban J connectivity index is 1.23. The molecule has 216 valence electrons. The van der Waals surface area contributed by atoms with Crippen LogP contribution in [0.3, 0.4) is 0 Å². The Kier molecular flexibility index (Phi) is 8.77. The van der Waals surface area contributed by atoms with Crippen molar-refractivity contribution in [1.82, 2.24) is 4.90 Å². The van der Waals surface area contributed by atoms with Crippen molar-refractivity contribution in [2.75, 3.05) is 22.9 Å². The minimum Gasteiger partial charge on any atom is -0.495 e. The SMILES string of the molecule is COc1ccc(C)cc1NS(=O)(=O)c1ccc(NC(=O)c2ccc([C@@H]3SCC(=O)N3Cc3ccc(Cl)cc3)cc2)cc1. The Bertz CT molecular complexity index is 1710. The highest BCUT2D eigenvalue weighted by atomic mass is 35.5. The number of halogens is 1. The van der Waals surface area contributed by atoms with Gasteiger partial charge in [-0.1, -0.05) is 41.9 Å². The van der Waals surface area contributed by atoms with Crippen LogP contribution in [0, 0.1) is 6.92 Å². The molecule has 42 heavy (non-hydrogen) atoms. The van der Waals surface area contributed by atoms with Crippen molar-refractivity contribution < 1.29 is 22.7 Å². The molecule has 1 saturated heterocycles. The molecule has 0 bridgehead atoms. The average Bonchev–Trinajstić information content (AvgIpc) is 3.34. The summed E-state index contributed by atoms with van der Waals surface area (Å²) in [5, 5.41) is 3.28. The Labute approximate surface area is 254 Å². The van der Waals surface area contributed by atoms with Crippen LogP contribution in [0.2, 0.25) is 5.02 Å². The lowest BCUT2D eigenvalue weighted by atomic mass is 10.1. The van der Waals surface area contributed by atoms with Gasteiger partial charge in [0.25, 0.3) is 15.9 Å². The third-order valence-corrected chi connectivity index (χ3v) is 9.60. The van der Waals surface area contributed by atoms with Gasteiger partial charge in [0.05, 0.1) is 23.4 Å². The number of aryl methyl sites for hydroxylation is 1. The summed E-state index contributed by atoms with van der Waals surface area (Å²) < 4.78 is 33.7. The van der Waals surface area contributed by atoms with Crippen molar-refractivity contribution in [3.63, 3.8) is 0 Å².